The lowest BCUT2D eigenvalue weighted by molar-refractivity contribution is -0.118. The fourth-order valence-electron chi connectivity index (χ4n) is 7.60. The van der Waals surface area contributed by atoms with Crippen molar-refractivity contribution in [2.24, 2.45) is 34.5 Å². The van der Waals surface area contributed by atoms with Gasteiger partial charge in [0.25, 0.3) is 0 Å². The maximum absolute atomic E-state index is 12.5. The lowest BCUT2D eigenvalue weighted by atomic mass is 9.45. The first-order valence-electron chi connectivity index (χ1n) is 11.4. The molecule has 0 aromatic heterocycles. The van der Waals surface area contributed by atoms with E-state index in [0.29, 0.717) is 16.4 Å². The number of fused-ring (bicyclic) bond motifs is 5. The highest BCUT2D eigenvalue weighted by Crippen LogP contribution is 2.65. The Bertz CT molecular complexity index is 768. The zero-order valence-electron chi connectivity index (χ0n) is 17.4. The monoisotopic (exact) mass is 378 g/mol. The number of hydrogen-bond donors (Lipinski definition) is 0. The van der Waals surface area contributed by atoms with Gasteiger partial charge in [-0.3, -0.25) is 0 Å². The molecule has 4 aliphatic rings. The SMILES string of the molecule is C[C@]12CC[C@@H](OC(=O)c3ccccc3)C[C@@H]1CC[C@@H]1[C@H]2CC[C@]2(C)C=CC[C@@H]12. The van der Waals surface area contributed by atoms with Gasteiger partial charge in [0.05, 0.1) is 5.56 Å². The lowest BCUT2D eigenvalue weighted by Crippen LogP contribution is -2.53. The van der Waals surface area contributed by atoms with Crippen LogP contribution in [-0.2, 0) is 4.74 Å². The molecule has 5 rings (SSSR count). The van der Waals surface area contributed by atoms with Crippen molar-refractivity contribution in [2.75, 3.05) is 0 Å². The molecule has 1 aromatic rings. The van der Waals surface area contributed by atoms with Crippen molar-refractivity contribution in [1.29, 1.82) is 0 Å². The van der Waals surface area contributed by atoms with E-state index in [4.69, 9.17) is 4.74 Å². The second kappa shape index (κ2) is 6.75. The van der Waals surface area contributed by atoms with E-state index in [0.717, 1.165) is 36.5 Å². The molecule has 3 fully saturated rings. The molecule has 0 N–H and O–H groups in total. The zero-order valence-corrected chi connectivity index (χ0v) is 17.4. The number of rotatable bonds is 2. The molecule has 0 heterocycles. The highest BCUT2D eigenvalue weighted by molar-refractivity contribution is 5.89. The summed E-state index contributed by atoms with van der Waals surface area (Å²) >= 11 is 0. The molecule has 150 valence electrons. The molecule has 0 aliphatic heterocycles. The minimum Gasteiger partial charge on any atom is -0.459 e. The van der Waals surface area contributed by atoms with Gasteiger partial charge in [0.2, 0.25) is 0 Å². The van der Waals surface area contributed by atoms with Crippen molar-refractivity contribution in [2.45, 2.75) is 71.3 Å². The van der Waals surface area contributed by atoms with Gasteiger partial charge in [-0.1, -0.05) is 44.2 Å². The maximum atomic E-state index is 12.5. The van der Waals surface area contributed by atoms with Crippen LogP contribution in [0, 0.1) is 34.5 Å². The molecule has 7 atom stereocenters. The molecule has 2 heteroatoms. The predicted molar refractivity (Wildman–Crippen MR) is 112 cm³/mol. The Hall–Kier alpha value is -1.57. The van der Waals surface area contributed by atoms with E-state index in [2.05, 4.69) is 26.0 Å². The molecule has 1 aromatic carbocycles. The van der Waals surface area contributed by atoms with Crippen molar-refractivity contribution in [3.05, 3.63) is 48.0 Å². The van der Waals surface area contributed by atoms with E-state index in [1.165, 1.54) is 38.5 Å². The van der Waals surface area contributed by atoms with Crippen LogP contribution in [0.5, 0.6) is 0 Å². The summed E-state index contributed by atoms with van der Waals surface area (Å²) in [6.45, 7) is 5.08. The van der Waals surface area contributed by atoms with Gasteiger partial charge < -0.3 is 4.74 Å². The van der Waals surface area contributed by atoms with Gasteiger partial charge >= 0.3 is 5.97 Å². The first kappa shape index (κ1) is 18.5. The Balaban J connectivity index is 1.28. The third-order valence-electron chi connectivity index (χ3n) is 9.23. The molecule has 0 bridgehead atoms. The molecule has 4 aliphatic carbocycles. The molecule has 0 radical (unpaired) electrons. The van der Waals surface area contributed by atoms with Crippen LogP contribution in [0.3, 0.4) is 0 Å². The average Bonchev–Trinajstić information content (AvgIpc) is 3.11. The summed E-state index contributed by atoms with van der Waals surface area (Å²) in [5.41, 5.74) is 1.59. The van der Waals surface area contributed by atoms with Crippen molar-refractivity contribution in [1.82, 2.24) is 0 Å². The van der Waals surface area contributed by atoms with Gasteiger partial charge in [0, 0.05) is 0 Å². The van der Waals surface area contributed by atoms with Gasteiger partial charge in [-0.25, -0.2) is 4.79 Å². The van der Waals surface area contributed by atoms with Crippen molar-refractivity contribution < 1.29 is 9.53 Å². The number of esters is 1. The van der Waals surface area contributed by atoms with E-state index < -0.39 is 0 Å². The molecule has 0 amide bonds. The highest BCUT2D eigenvalue weighted by Gasteiger charge is 2.57. The van der Waals surface area contributed by atoms with Crippen LogP contribution in [-0.4, -0.2) is 12.1 Å². The summed E-state index contributed by atoms with van der Waals surface area (Å²) in [5, 5.41) is 0. The second-order valence-electron chi connectivity index (χ2n) is 10.5. The van der Waals surface area contributed by atoms with Crippen LogP contribution in [0.2, 0.25) is 0 Å². The van der Waals surface area contributed by atoms with Crippen LogP contribution >= 0.6 is 0 Å². The minimum absolute atomic E-state index is 0.101. The fourth-order valence-corrected chi connectivity index (χ4v) is 7.60. The normalized spacial score (nSPS) is 44.3. The number of hydrogen-bond acceptors (Lipinski definition) is 2. The van der Waals surface area contributed by atoms with Crippen molar-refractivity contribution in [3.63, 3.8) is 0 Å². The Morgan fingerprint density at radius 2 is 1.82 bits per heavy atom. The van der Waals surface area contributed by atoms with Crippen molar-refractivity contribution in [3.8, 4) is 0 Å². The van der Waals surface area contributed by atoms with Gasteiger partial charge in [0.1, 0.15) is 6.10 Å². The molecule has 2 nitrogen and oxygen atoms in total. The molecular formula is C26H34O2. The number of allylic oxidation sites excluding steroid dienone is 2. The quantitative estimate of drug-likeness (QED) is 0.438. The number of benzene rings is 1. The first-order valence-corrected chi connectivity index (χ1v) is 11.4. The first-order chi connectivity index (χ1) is 13.5. The van der Waals surface area contributed by atoms with E-state index in [1.807, 2.05) is 30.3 Å². The van der Waals surface area contributed by atoms with Crippen LogP contribution < -0.4 is 0 Å². The zero-order chi connectivity index (χ0) is 19.4. The van der Waals surface area contributed by atoms with E-state index in [9.17, 15) is 4.79 Å². The van der Waals surface area contributed by atoms with Gasteiger partial charge in [-0.2, -0.15) is 0 Å². The Kier molecular flexibility index (Phi) is 4.45. The largest absolute Gasteiger partial charge is 0.459 e. The smallest absolute Gasteiger partial charge is 0.338 e. The highest BCUT2D eigenvalue weighted by atomic mass is 16.5. The van der Waals surface area contributed by atoms with Crippen LogP contribution in [0.4, 0.5) is 0 Å². The number of carbonyl (C=O) groups excluding carboxylic acids is 1. The van der Waals surface area contributed by atoms with Crippen LogP contribution in [0.25, 0.3) is 0 Å². The average molecular weight is 379 g/mol. The van der Waals surface area contributed by atoms with E-state index in [1.54, 1.807) is 0 Å². The molecular weight excluding hydrogens is 344 g/mol. The Labute approximate surface area is 169 Å². The molecule has 0 unspecified atom stereocenters. The second-order valence-corrected chi connectivity index (χ2v) is 10.5. The molecule has 0 saturated heterocycles. The Morgan fingerprint density at radius 1 is 1.00 bits per heavy atom. The third kappa shape index (κ3) is 2.86. The predicted octanol–water partition coefficient (Wildman–Crippen LogP) is 6.42. The lowest BCUT2D eigenvalue weighted by Gasteiger charge is -2.60. The number of ether oxygens (including phenoxy) is 1. The molecule has 28 heavy (non-hydrogen) atoms. The summed E-state index contributed by atoms with van der Waals surface area (Å²) in [6.07, 6.45) is 15.2. The number of carbonyl (C=O) groups is 1. The van der Waals surface area contributed by atoms with Crippen molar-refractivity contribution >= 4 is 5.97 Å². The molecule has 3 saturated carbocycles. The summed E-state index contributed by atoms with van der Waals surface area (Å²) in [6, 6.07) is 9.47. The topological polar surface area (TPSA) is 26.3 Å². The summed E-state index contributed by atoms with van der Waals surface area (Å²) in [5.74, 6) is 3.22. The summed E-state index contributed by atoms with van der Waals surface area (Å²) in [4.78, 5) is 12.5. The van der Waals surface area contributed by atoms with Gasteiger partial charge in [-0.05, 0) is 98.0 Å². The Morgan fingerprint density at radius 3 is 2.64 bits per heavy atom. The van der Waals surface area contributed by atoms with E-state index in [-0.39, 0.29) is 12.1 Å². The third-order valence-corrected chi connectivity index (χ3v) is 9.23. The van der Waals surface area contributed by atoms with Gasteiger partial charge in [-0.15, -0.1) is 0 Å². The standard InChI is InChI=1S/C26H34O2/c1-25-14-6-9-22(25)21-11-10-19-17-20(12-16-26(19,2)23(21)13-15-25)28-24(27)18-7-4-3-5-8-18/h3-8,14,19-23H,9-13,15-17H2,1-2H3/t19-,20+,21-,22-,23+,25-,26-/m0/s1. The molecule has 0 spiro atoms. The maximum Gasteiger partial charge on any atom is 0.338 e. The summed E-state index contributed by atoms with van der Waals surface area (Å²) in [7, 11) is 0. The minimum atomic E-state index is -0.145. The van der Waals surface area contributed by atoms with Gasteiger partial charge in [0.15, 0.2) is 0 Å². The fraction of sp³-hybridized carbons (Fsp3) is 0.654. The van der Waals surface area contributed by atoms with E-state index >= 15 is 0 Å². The van der Waals surface area contributed by atoms with Crippen LogP contribution in [0.15, 0.2) is 42.5 Å². The van der Waals surface area contributed by atoms with Crippen LogP contribution in [0.1, 0.15) is 75.6 Å². The summed E-state index contributed by atoms with van der Waals surface area (Å²) < 4.78 is 5.94.